The van der Waals surface area contributed by atoms with Crippen LogP contribution in [0.25, 0.3) is 10.4 Å². The SMILES string of the molecule is CN(C)S(=O)(=O)c1cccc(NC(=O)COC(=O)c2cc3c(s2)-c2ccccc2CC3)c1. The Hall–Kier alpha value is -3.01. The zero-order chi connectivity index (χ0) is 22.9. The summed E-state index contributed by atoms with van der Waals surface area (Å²) in [4.78, 5) is 26.4. The monoisotopic (exact) mass is 470 g/mol. The molecule has 0 radical (unpaired) electrons. The molecule has 0 saturated heterocycles. The molecule has 7 nitrogen and oxygen atoms in total. The van der Waals surface area contributed by atoms with E-state index in [1.54, 1.807) is 6.07 Å². The normalized spacial score (nSPS) is 12.7. The third kappa shape index (κ3) is 4.45. The molecule has 0 unspecified atom stereocenters. The second kappa shape index (κ2) is 8.85. The van der Waals surface area contributed by atoms with Crippen molar-refractivity contribution in [2.75, 3.05) is 26.0 Å². The highest BCUT2D eigenvalue weighted by Gasteiger charge is 2.22. The molecule has 0 aliphatic heterocycles. The number of hydrogen-bond acceptors (Lipinski definition) is 6. The maximum atomic E-state index is 12.5. The number of benzene rings is 2. The molecule has 1 amide bonds. The number of thiophene rings is 1. The summed E-state index contributed by atoms with van der Waals surface area (Å²) in [6.07, 6.45) is 1.79. The van der Waals surface area contributed by atoms with Gasteiger partial charge < -0.3 is 10.1 Å². The van der Waals surface area contributed by atoms with Crippen molar-refractivity contribution in [1.29, 1.82) is 0 Å². The largest absolute Gasteiger partial charge is 0.451 e. The number of anilines is 1. The van der Waals surface area contributed by atoms with Gasteiger partial charge in [-0.05, 0) is 53.8 Å². The average Bonchev–Trinajstić information content (AvgIpc) is 3.22. The van der Waals surface area contributed by atoms with Crippen molar-refractivity contribution in [2.24, 2.45) is 0 Å². The first-order valence-electron chi connectivity index (χ1n) is 9.96. The summed E-state index contributed by atoms with van der Waals surface area (Å²) in [5.74, 6) is -1.11. The lowest BCUT2D eigenvalue weighted by atomic mass is 9.91. The van der Waals surface area contributed by atoms with Crippen LogP contribution in [0.15, 0.2) is 59.5 Å². The van der Waals surface area contributed by atoms with Crippen molar-refractivity contribution >= 4 is 38.9 Å². The fraction of sp³-hybridized carbons (Fsp3) is 0.217. The van der Waals surface area contributed by atoms with Gasteiger partial charge in [0.1, 0.15) is 4.88 Å². The molecule has 3 aromatic rings. The summed E-state index contributed by atoms with van der Waals surface area (Å²) >= 11 is 1.37. The van der Waals surface area contributed by atoms with Gasteiger partial charge in [0.25, 0.3) is 5.91 Å². The fourth-order valence-corrected chi connectivity index (χ4v) is 5.63. The first kappa shape index (κ1) is 22.2. The summed E-state index contributed by atoms with van der Waals surface area (Å²) < 4.78 is 30.8. The Balaban J connectivity index is 1.40. The van der Waals surface area contributed by atoms with E-state index in [0.29, 0.717) is 10.6 Å². The first-order chi connectivity index (χ1) is 15.3. The number of ether oxygens (including phenoxy) is 1. The van der Waals surface area contributed by atoms with Crippen LogP contribution in [0.5, 0.6) is 0 Å². The van der Waals surface area contributed by atoms with Gasteiger partial charge in [0, 0.05) is 24.7 Å². The van der Waals surface area contributed by atoms with E-state index in [2.05, 4.69) is 17.4 Å². The number of sulfonamides is 1. The van der Waals surface area contributed by atoms with Crippen LogP contribution in [-0.4, -0.2) is 45.3 Å². The van der Waals surface area contributed by atoms with Crippen LogP contribution in [0.3, 0.4) is 0 Å². The molecular weight excluding hydrogens is 448 g/mol. The predicted molar refractivity (Wildman–Crippen MR) is 123 cm³/mol. The van der Waals surface area contributed by atoms with Crippen LogP contribution in [0.4, 0.5) is 5.69 Å². The van der Waals surface area contributed by atoms with E-state index in [9.17, 15) is 18.0 Å². The number of esters is 1. The summed E-state index contributed by atoms with van der Waals surface area (Å²) in [6, 6.07) is 15.9. The lowest BCUT2D eigenvalue weighted by molar-refractivity contribution is -0.119. The van der Waals surface area contributed by atoms with Gasteiger partial charge in [-0.3, -0.25) is 4.79 Å². The van der Waals surface area contributed by atoms with E-state index >= 15 is 0 Å². The van der Waals surface area contributed by atoms with E-state index in [1.807, 2.05) is 18.2 Å². The number of rotatable bonds is 6. The van der Waals surface area contributed by atoms with Crippen LogP contribution in [0, 0.1) is 0 Å². The number of nitrogens with zero attached hydrogens (tertiary/aromatic N) is 1. The van der Waals surface area contributed by atoms with Gasteiger partial charge in [0.05, 0.1) is 4.90 Å². The summed E-state index contributed by atoms with van der Waals surface area (Å²) in [5, 5.41) is 2.57. The molecule has 1 heterocycles. The van der Waals surface area contributed by atoms with E-state index < -0.39 is 28.5 Å². The van der Waals surface area contributed by atoms with Crippen molar-refractivity contribution in [3.05, 3.63) is 70.6 Å². The highest BCUT2D eigenvalue weighted by Crippen LogP contribution is 2.39. The number of fused-ring (bicyclic) bond motifs is 3. The molecule has 1 aliphatic rings. The number of amides is 1. The molecule has 1 N–H and O–H groups in total. The fourth-order valence-electron chi connectivity index (χ4n) is 3.52. The molecule has 1 aliphatic carbocycles. The average molecular weight is 471 g/mol. The van der Waals surface area contributed by atoms with Crippen molar-refractivity contribution in [3.63, 3.8) is 0 Å². The maximum Gasteiger partial charge on any atom is 0.348 e. The van der Waals surface area contributed by atoms with Gasteiger partial charge in [-0.15, -0.1) is 11.3 Å². The Morgan fingerprint density at radius 1 is 1.03 bits per heavy atom. The smallest absolute Gasteiger partial charge is 0.348 e. The maximum absolute atomic E-state index is 12.5. The molecule has 32 heavy (non-hydrogen) atoms. The molecule has 0 fully saturated rings. The molecule has 4 rings (SSSR count). The van der Waals surface area contributed by atoms with Gasteiger partial charge in [0.2, 0.25) is 10.0 Å². The van der Waals surface area contributed by atoms with E-state index in [-0.39, 0.29) is 4.90 Å². The number of hydrogen-bond donors (Lipinski definition) is 1. The van der Waals surface area contributed by atoms with Crippen LogP contribution < -0.4 is 5.32 Å². The molecule has 166 valence electrons. The number of aryl methyl sites for hydroxylation is 2. The summed E-state index contributed by atoms with van der Waals surface area (Å²) in [6.45, 7) is -0.470. The first-order valence-corrected chi connectivity index (χ1v) is 12.2. The van der Waals surface area contributed by atoms with Crippen LogP contribution >= 0.6 is 11.3 Å². The van der Waals surface area contributed by atoms with Gasteiger partial charge in [0.15, 0.2) is 6.61 Å². The number of nitrogens with one attached hydrogen (secondary N) is 1. The van der Waals surface area contributed by atoms with Crippen molar-refractivity contribution in [3.8, 4) is 10.4 Å². The lowest BCUT2D eigenvalue weighted by Crippen LogP contribution is -2.23. The highest BCUT2D eigenvalue weighted by molar-refractivity contribution is 7.89. The Labute approximate surface area is 190 Å². The third-order valence-electron chi connectivity index (χ3n) is 5.17. The van der Waals surface area contributed by atoms with Gasteiger partial charge in [-0.2, -0.15) is 0 Å². The Morgan fingerprint density at radius 2 is 1.78 bits per heavy atom. The standard InChI is InChI=1S/C23H22N2O5S2/c1-25(2)32(28,29)18-8-5-7-17(13-18)24-21(26)14-30-23(27)20-12-16-11-10-15-6-3-4-9-19(15)22(16)31-20/h3-9,12-13H,10-11,14H2,1-2H3,(H,24,26). The summed E-state index contributed by atoms with van der Waals surface area (Å²) in [7, 11) is -0.759. The highest BCUT2D eigenvalue weighted by atomic mass is 32.2. The van der Waals surface area contributed by atoms with Gasteiger partial charge in [-0.1, -0.05) is 30.3 Å². The van der Waals surface area contributed by atoms with E-state index in [4.69, 9.17) is 4.74 Å². The van der Waals surface area contributed by atoms with Crippen molar-refractivity contribution < 1.29 is 22.7 Å². The predicted octanol–water partition coefficient (Wildman–Crippen LogP) is 3.56. The van der Waals surface area contributed by atoms with Crippen molar-refractivity contribution in [1.82, 2.24) is 4.31 Å². The zero-order valence-electron chi connectivity index (χ0n) is 17.6. The van der Waals surface area contributed by atoms with Crippen LogP contribution in [0.2, 0.25) is 0 Å². The van der Waals surface area contributed by atoms with Gasteiger partial charge >= 0.3 is 5.97 Å². The molecule has 0 bridgehead atoms. The molecule has 2 aromatic carbocycles. The second-order valence-corrected chi connectivity index (χ2v) is 10.8. The Morgan fingerprint density at radius 3 is 2.56 bits per heavy atom. The molecule has 0 spiro atoms. The zero-order valence-corrected chi connectivity index (χ0v) is 19.3. The van der Waals surface area contributed by atoms with E-state index in [1.165, 1.54) is 49.2 Å². The second-order valence-electron chi connectivity index (χ2n) is 7.56. The van der Waals surface area contributed by atoms with E-state index in [0.717, 1.165) is 33.2 Å². The minimum Gasteiger partial charge on any atom is -0.451 e. The van der Waals surface area contributed by atoms with Crippen LogP contribution in [-0.2, 0) is 32.4 Å². The molecule has 0 atom stereocenters. The third-order valence-corrected chi connectivity index (χ3v) is 8.17. The minimum absolute atomic E-state index is 0.0572. The molecular formula is C23H22N2O5S2. The Bertz CT molecular complexity index is 1300. The van der Waals surface area contributed by atoms with Crippen LogP contribution in [0.1, 0.15) is 20.8 Å². The lowest BCUT2D eigenvalue weighted by Gasteiger charge is -2.15. The molecule has 0 saturated carbocycles. The number of carbonyl (C=O) groups excluding carboxylic acids is 2. The number of carbonyl (C=O) groups is 2. The topological polar surface area (TPSA) is 92.8 Å². The van der Waals surface area contributed by atoms with Crippen molar-refractivity contribution in [2.45, 2.75) is 17.7 Å². The minimum atomic E-state index is -3.62. The molecule has 9 heteroatoms. The molecule has 1 aromatic heterocycles. The Kier molecular flexibility index (Phi) is 6.14. The van der Waals surface area contributed by atoms with Gasteiger partial charge in [-0.25, -0.2) is 17.5 Å². The quantitative estimate of drug-likeness (QED) is 0.556. The summed E-state index contributed by atoms with van der Waals surface area (Å²) in [5.41, 5.74) is 3.82.